The Labute approximate surface area is 94.2 Å². The molecule has 0 radical (unpaired) electrons. The van der Waals surface area contributed by atoms with E-state index < -0.39 is 0 Å². The Hall–Kier alpha value is -0.600. The number of benzene rings is 1. The standard InChI is InChI=1S/C12H14ClFO/c1-8-2-3-9(6-11(8)14)12-10(7-13)4-5-15-12/h2-3,6,10,12H,4-5,7H2,1H3. The Kier molecular flexibility index (Phi) is 3.27. The van der Waals surface area contributed by atoms with Gasteiger partial charge in [0.1, 0.15) is 5.82 Å². The molecule has 0 amide bonds. The lowest BCUT2D eigenvalue weighted by molar-refractivity contribution is 0.0949. The first-order valence-electron chi connectivity index (χ1n) is 5.16. The maximum absolute atomic E-state index is 13.4. The van der Waals surface area contributed by atoms with Crippen molar-refractivity contribution in [3.63, 3.8) is 0 Å². The molecule has 1 aliphatic rings. The number of rotatable bonds is 2. The predicted octanol–water partition coefficient (Wildman–Crippen LogP) is 3.45. The van der Waals surface area contributed by atoms with Crippen molar-refractivity contribution in [3.05, 3.63) is 35.1 Å². The van der Waals surface area contributed by atoms with Gasteiger partial charge < -0.3 is 4.74 Å². The van der Waals surface area contributed by atoms with Crippen molar-refractivity contribution < 1.29 is 9.13 Å². The fourth-order valence-electron chi connectivity index (χ4n) is 1.95. The first-order valence-corrected chi connectivity index (χ1v) is 5.69. The van der Waals surface area contributed by atoms with E-state index in [9.17, 15) is 4.39 Å². The van der Waals surface area contributed by atoms with E-state index in [4.69, 9.17) is 16.3 Å². The van der Waals surface area contributed by atoms with Gasteiger partial charge in [-0.05, 0) is 30.5 Å². The van der Waals surface area contributed by atoms with Crippen LogP contribution >= 0.6 is 11.6 Å². The summed E-state index contributed by atoms with van der Waals surface area (Å²) in [5.41, 5.74) is 1.57. The van der Waals surface area contributed by atoms with Crippen molar-refractivity contribution in [3.8, 4) is 0 Å². The van der Waals surface area contributed by atoms with Gasteiger partial charge in [-0.25, -0.2) is 4.39 Å². The van der Waals surface area contributed by atoms with Crippen LogP contribution in [0.5, 0.6) is 0 Å². The second-order valence-corrected chi connectivity index (χ2v) is 4.31. The Morgan fingerprint density at radius 3 is 3.00 bits per heavy atom. The molecule has 3 heteroatoms. The van der Waals surface area contributed by atoms with Crippen molar-refractivity contribution >= 4 is 11.6 Å². The van der Waals surface area contributed by atoms with Gasteiger partial charge in [0, 0.05) is 18.4 Å². The average molecular weight is 229 g/mol. The van der Waals surface area contributed by atoms with Gasteiger partial charge in [0.15, 0.2) is 0 Å². The maximum Gasteiger partial charge on any atom is 0.126 e. The van der Waals surface area contributed by atoms with E-state index in [1.54, 1.807) is 19.1 Å². The van der Waals surface area contributed by atoms with Gasteiger partial charge in [-0.1, -0.05) is 12.1 Å². The van der Waals surface area contributed by atoms with Gasteiger partial charge in [-0.3, -0.25) is 0 Å². The first-order chi connectivity index (χ1) is 7.22. The number of hydrogen-bond acceptors (Lipinski definition) is 1. The van der Waals surface area contributed by atoms with Crippen LogP contribution in [0.15, 0.2) is 18.2 Å². The highest BCUT2D eigenvalue weighted by molar-refractivity contribution is 6.18. The number of halogens is 2. The van der Waals surface area contributed by atoms with Crippen LogP contribution < -0.4 is 0 Å². The molecule has 2 rings (SSSR count). The van der Waals surface area contributed by atoms with Crippen LogP contribution in [0.1, 0.15) is 23.7 Å². The summed E-state index contributed by atoms with van der Waals surface area (Å²) in [6.45, 7) is 2.48. The van der Waals surface area contributed by atoms with E-state index in [0.29, 0.717) is 17.4 Å². The molecule has 15 heavy (non-hydrogen) atoms. The van der Waals surface area contributed by atoms with Crippen molar-refractivity contribution in [2.45, 2.75) is 19.4 Å². The number of ether oxygens (including phenoxy) is 1. The van der Waals surface area contributed by atoms with Crippen LogP contribution in [-0.4, -0.2) is 12.5 Å². The van der Waals surface area contributed by atoms with E-state index in [-0.39, 0.29) is 11.9 Å². The van der Waals surface area contributed by atoms with E-state index in [1.807, 2.05) is 6.07 Å². The molecule has 1 aromatic carbocycles. The minimum absolute atomic E-state index is 0.0300. The van der Waals surface area contributed by atoms with Crippen molar-refractivity contribution in [2.24, 2.45) is 5.92 Å². The third-order valence-electron chi connectivity index (χ3n) is 2.94. The Balaban J connectivity index is 2.25. The highest BCUT2D eigenvalue weighted by Crippen LogP contribution is 2.35. The molecule has 1 fully saturated rings. The molecular formula is C12H14ClFO. The summed E-state index contributed by atoms with van der Waals surface area (Å²) in [5, 5.41) is 0. The van der Waals surface area contributed by atoms with Crippen LogP contribution in [0, 0.1) is 18.7 Å². The Morgan fingerprint density at radius 1 is 1.53 bits per heavy atom. The molecule has 0 aromatic heterocycles. The van der Waals surface area contributed by atoms with E-state index in [1.165, 1.54) is 0 Å². The summed E-state index contributed by atoms with van der Waals surface area (Å²) in [4.78, 5) is 0. The summed E-state index contributed by atoms with van der Waals surface area (Å²) >= 11 is 5.85. The summed E-state index contributed by atoms with van der Waals surface area (Å²) in [7, 11) is 0. The molecule has 0 N–H and O–H groups in total. The van der Waals surface area contributed by atoms with E-state index in [0.717, 1.165) is 18.6 Å². The molecule has 1 heterocycles. The number of hydrogen-bond donors (Lipinski definition) is 0. The zero-order valence-electron chi connectivity index (χ0n) is 8.67. The summed E-state index contributed by atoms with van der Waals surface area (Å²) in [5.74, 6) is 0.713. The fourth-order valence-corrected chi connectivity index (χ4v) is 2.26. The fraction of sp³-hybridized carbons (Fsp3) is 0.500. The third kappa shape index (κ3) is 2.16. The summed E-state index contributed by atoms with van der Waals surface area (Å²) in [6.07, 6.45) is 0.932. The highest BCUT2D eigenvalue weighted by Gasteiger charge is 2.29. The van der Waals surface area contributed by atoms with Gasteiger partial charge in [-0.2, -0.15) is 0 Å². The lowest BCUT2D eigenvalue weighted by Gasteiger charge is -2.16. The Morgan fingerprint density at radius 2 is 2.33 bits per heavy atom. The molecule has 2 atom stereocenters. The molecule has 1 aromatic rings. The third-order valence-corrected chi connectivity index (χ3v) is 3.33. The Bertz CT molecular complexity index is 353. The predicted molar refractivity (Wildman–Crippen MR) is 58.7 cm³/mol. The van der Waals surface area contributed by atoms with Crippen molar-refractivity contribution in [1.82, 2.24) is 0 Å². The number of aryl methyl sites for hydroxylation is 1. The topological polar surface area (TPSA) is 9.23 Å². The first kappa shape index (κ1) is 10.9. The van der Waals surface area contributed by atoms with E-state index in [2.05, 4.69) is 0 Å². The maximum atomic E-state index is 13.4. The van der Waals surface area contributed by atoms with Crippen LogP contribution in [0.4, 0.5) is 4.39 Å². The number of alkyl halides is 1. The van der Waals surface area contributed by atoms with Crippen LogP contribution in [0.3, 0.4) is 0 Å². The van der Waals surface area contributed by atoms with Gasteiger partial charge in [0.25, 0.3) is 0 Å². The lowest BCUT2D eigenvalue weighted by atomic mass is 9.96. The molecule has 2 unspecified atom stereocenters. The smallest absolute Gasteiger partial charge is 0.126 e. The van der Waals surface area contributed by atoms with Crippen molar-refractivity contribution in [1.29, 1.82) is 0 Å². The quantitative estimate of drug-likeness (QED) is 0.705. The average Bonchev–Trinajstić information content (AvgIpc) is 2.70. The molecule has 0 aliphatic carbocycles. The molecule has 1 nitrogen and oxygen atoms in total. The van der Waals surface area contributed by atoms with Gasteiger partial charge in [0.2, 0.25) is 0 Å². The van der Waals surface area contributed by atoms with E-state index >= 15 is 0 Å². The summed E-state index contributed by atoms with van der Waals surface area (Å²) < 4.78 is 19.0. The second-order valence-electron chi connectivity index (χ2n) is 4.00. The zero-order chi connectivity index (χ0) is 10.8. The minimum Gasteiger partial charge on any atom is -0.373 e. The van der Waals surface area contributed by atoms with Crippen LogP contribution in [0.25, 0.3) is 0 Å². The highest BCUT2D eigenvalue weighted by atomic mass is 35.5. The molecule has 0 spiro atoms. The molecule has 1 saturated heterocycles. The lowest BCUT2D eigenvalue weighted by Crippen LogP contribution is -2.09. The van der Waals surface area contributed by atoms with Gasteiger partial charge in [0.05, 0.1) is 6.10 Å². The largest absolute Gasteiger partial charge is 0.373 e. The zero-order valence-corrected chi connectivity index (χ0v) is 9.43. The molecule has 82 valence electrons. The molecule has 0 saturated carbocycles. The van der Waals surface area contributed by atoms with Gasteiger partial charge in [-0.15, -0.1) is 11.6 Å². The molecule has 1 aliphatic heterocycles. The SMILES string of the molecule is Cc1ccc(C2OCCC2CCl)cc1F. The minimum atomic E-state index is -0.170. The van der Waals surface area contributed by atoms with Crippen LogP contribution in [-0.2, 0) is 4.74 Å². The molecule has 0 bridgehead atoms. The second kappa shape index (κ2) is 4.50. The van der Waals surface area contributed by atoms with Crippen LogP contribution in [0.2, 0.25) is 0 Å². The van der Waals surface area contributed by atoms with Gasteiger partial charge >= 0.3 is 0 Å². The van der Waals surface area contributed by atoms with Crippen molar-refractivity contribution in [2.75, 3.05) is 12.5 Å². The molecular weight excluding hydrogens is 215 g/mol. The normalized spacial score (nSPS) is 25.8. The monoisotopic (exact) mass is 228 g/mol. The summed E-state index contributed by atoms with van der Waals surface area (Å²) in [6, 6.07) is 5.27.